The van der Waals surface area contributed by atoms with Gasteiger partial charge in [0.2, 0.25) is 0 Å². The Hall–Kier alpha value is -1.06. The van der Waals surface area contributed by atoms with Crippen LogP contribution in [-0.4, -0.2) is 31.9 Å². The van der Waals surface area contributed by atoms with Gasteiger partial charge >= 0.3 is 0 Å². The van der Waals surface area contributed by atoms with Crippen LogP contribution in [0.25, 0.3) is 0 Å². The second kappa shape index (κ2) is 6.76. The van der Waals surface area contributed by atoms with Gasteiger partial charge in [-0.1, -0.05) is 17.7 Å². The Labute approximate surface area is 114 Å². The fourth-order valence-corrected chi connectivity index (χ4v) is 2.22. The Morgan fingerprint density at radius 2 is 2.11 bits per heavy atom. The fourth-order valence-electron chi connectivity index (χ4n) is 1.95. The summed E-state index contributed by atoms with van der Waals surface area (Å²) in [6, 6.07) is 5.96. The number of carbonyl (C=O) groups is 1. The number of nitrogens with zero attached hydrogens (tertiary/aromatic N) is 1. The summed E-state index contributed by atoms with van der Waals surface area (Å²) in [4.78, 5) is 13.2. The maximum absolute atomic E-state index is 11.1. The number of Topliss-reactive ketones (excluding diaryl/α,β-unsaturated/α-hetero) is 1. The highest BCUT2D eigenvalue weighted by Gasteiger charge is 2.16. The summed E-state index contributed by atoms with van der Waals surface area (Å²) >= 11 is 6.13. The van der Waals surface area contributed by atoms with E-state index in [-0.39, 0.29) is 11.8 Å². The average molecular weight is 270 g/mol. The molecule has 1 aromatic carbocycles. The summed E-state index contributed by atoms with van der Waals surface area (Å²) in [5.74, 6) is 0.881. The van der Waals surface area contributed by atoms with Crippen molar-refractivity contribution in [3.63, 3.8) is 0 Å². The van der Waals surface area contributed by atoms with Gasteiger partial charge in [0.1, 0.15) is 11.5 Å². The summed E-state index contributed by atoms with van der Waals surface area (Å²) < 4.78 is 5.14. The zero-order valence-corrected chi connectivity index (χ0v) is 12.1. The van der Waals surface area contributed by atoms with Crippen molar-refractivity contribution in [3.05, 3.63) is 28.8 Å². The summed E-state index contributed by atoms with van der Waals surface area (Å²) in [5.41, 5.74) is 1.10. The van der Waals surface area contributed by atoms with Crippen LogP contribution in [0.15, 0.2) is 18.2 Å². The second-order valence-electron chi connectivity index (χ2n) is 4.61. The summed E-state index contributed by atoms with van der Waals surface area (Å²) in [5, 5.41) is 0.602. The van der Waals surface area contributed by atoms with E-state index in [2.05, 4.69) is 4.90 Å². The maximum atomic E-state index is 11.1. The molecule has 0 aliphatic heterocycles. The van der Waals surface area contributed by atoms with Crippen molar-refractivity contribution in [2.75, 3.05) is 21.2 Å². The van der Waals surface area contributed by atoms with Gasteiger partial charge in [-0.25, -0.2) is 0 Å². The quantitative estimate of drug-likeness (QED) is 0.793. The first-order chi connectivity index (χ1) is 8.45. The minimum absolute atomic E-state index is 0.192. The zero-order valence-electron chi connectivity index (χ0n) is 11.4. The third kappa shape index (κ3) is 4.00. The van der Waals surface area contributed by atoms with Gasteiger partial charge in [-0.05, 0) is 45.1 Å². The molecule has 4 heteroatoms. The normalized spacial score (nSPS) is 12.6. The molecule has 0 N–H and O–H groups in total. The van der Waals surface area contributed by atoms with Crippen LogP contribution in [0.1, 0.15) is 31.4 Å². The number of halogens is 1. The molecule has 1 atom stereocenters. The second-order valence-corrected chi connectivity index (χ2v) is 5.02. The molecule has 0 amide bonds. The lowest BCUT2D eigenvalue weighted by molar-refractivity contribution is -0.117. The molecule has 0 aliphatic rings. The van der Waals surface area contributed by atoms with Crippen LogP contribution >= 0.6 is 11.6 Å². The van der Waals surface area contributed by atoms with Gasteiger partial charge in [-0.2, -0.15) is 0 Å². The van der Waals surface area contributed by atoms with E-state index < -0.39 is 0 Å². The fraction of sp³-hybridized carbons (Fsp3) is 0.500. The van der Waals surface area contributed by atoms with Crippen molar-refractivity contribution in [3.8, 4) is 5.75 Å². The standard InChI is InChI=1S/C14H20ClNO2/c1-10(17)5-7-13(16(2)3)11-6-8-14(18-4)12(15)9-11/h6,8-9,13H,5,7H2,1-4H3. The molecule has 100 valence electrons. The first-order valence-electron chi connectivity index (χ1n) is 5.95. The lowest BCUT2D eigenvalue weighted by atomic mass is 10.00. The van der Waals surface area contributed by atoms with Crippen molar-refractivity contribution < 1.29 is 9.53 Å². The highest BCUT2D eigenvalue weighted by atomic mass is 35.5. The van der Waals surface area contributed by atoms with E-state index in [1.165, 1.54) is 0 Å². The van der Waals surface area contributed by atoms with Gasteiger partial charge in [-0.3, -0.25) is 0 Å². The van der Waals surface area contributed by atoms with Crippen LogP contribution in [0.3, 0.4) is 0 Å². The zero-order chi connectivity index (χ0) is 13.7. The molecule has 1 rings (SSSR count). The van der Waals surface area contributed by atoms with Crippen molar-refractivity contribution in [2.45, 2.75) is 25.8 Å². The molecule has 0 saturated heterocycles. The molecular formula is C14H20ClNO2. The number of ketones is 1. The molecule has 0 aliphatic carbocycles. The molecule has 0 bridgehead atoms. The predicted octanol–water partition coefficient (Wildman–Crippen LogP) is 3.32. The van der Waals surface area contributed by atoms with Crippen molar-refractivity contribution in [1.29, 1.82) is 0 Å². The van der Waals surface area contributed by atoms with Crippen LogP contribution in [0.4, 0.5) is 0 Å². The van der Waals surface area contributed by atoms with Gasteiger partial charge in [0.15, 0.2) is 0 Å². The van der Waals surface area contributed by atoms with Crippen LogP contribution in [-0.2, 0) is 4.79 Å². The van der Waals surface area contributed by atoms with Gasteiger partial charge in [0.05, 0.1) is 12.1 Å². The average Bonchev–Trinajstić information content (AvgIpc) is 2.28. The van der Waals surface area contributed by atoms with Gasteiger partial charge < -0.3 is 14.4 Å². The maximum Gasteiger partial charge on any atom is 0.137 e. The number of hydrogen-bond donors (Lipinski definition) is 0. The largest absolute Gasteiger partial charge is 0.495 e. The van der Waals surface area contributed by atoms with E-state index in [4.69, 9.17) is 16.3 Å². The van der Waals surface area contributed by atoms with Gasteiger partial charge in [-0.15, -0.1) is 0 Å². The first-order valence-corrected chi connectivity index (χ1v) is 6.32. The summed E-state index contributed by atoms with van der Waals surface area (Å²) in [6.45, 7) is 1.62. The molecule has 18 heavy (non-hydrogen) atoms. The van der Waals surface area contributed by atoms with Crippen LogP contribution in [0, 0.1) is 0 Å². The molecule has 0 radical (unpaired) electrons. The number of carbonyl (C=O) groups excluding carboxylic acids is 1. The Balaban J connectivity index is 2.92. The van der Waals surface area contributed by atoms with Crippen LogP contribution < -0.4 is 4.74 Å². The van der Waals surface area contributed by atoms with E-state index >= 15 is 0 Å². The molecule has 0 fully saturated rings. The third-order valence-electron chi connectivity index (χ3n) is 2.95. The monoisotopic (exact) mass is 269 g/mol. The SMILES string of the molecule is COc1ccc(C(CCC(C)=O)N(C)C)cc1Cl. The lowest BCUT2D eigenvalue weighted by Gasteiger charge is -2.25. The highest BCUT2D eigenvalue weighted by Crippen LogP contribution is 2.31. The van der Waals surface area contributed by atoms with E-state index in [0.717, 1.165) is 12.0 Å². The number of rotatable bonds is 6. The first kappa shape index (κ1) is 15.0. The van der Waals surface area contributed by atoms with Crippen molar-refractivity contribution in [2.24, 2.45) is 0 Å². The van der Waals surface area contributed by atoms with Crippen LogP contribution in [0.2, 0.25) is 5.02 Å². The smallest absolute Gasteiger partial charge is 0.137 e. The van der Waals surface area contributed by atoms with E-state index in [9.17, 15) is 4.79 Å². The molecular weight excluding hydrogens is 250 g/mol. The van der Waals surface area contributed by atoms with Gasteiger partial charge in [0.25, 0.3) is 0 Å². The Kier molecular flexibility index (Phi) is 5.63. The Bertz CT molecular complexity index is 418. The molecule has 3 nitrogen and oxygen atoms in total. The highest BCUT2D eigenvalue weighted by molar-refractivity contribution is 6.32. The summed E-state index contributed by atoms with van der Waals surface area (Å²) in [7, 11) is 5.60. The molecule has 1 unspecified atom stereocenters. The topological polar surface area (TPSA) is 29.5 Å². The van der Waals surface area contributed by atoms with Crippen molar-refractivity contribution in [1.82, 2.24) is 4.90 Å². The molecule has 0 spiro atoms. The molecule has 1 aromatic rings. The third-order valence-corrected chi connectivity index (χ3v) is 3.25. The molecule has 0 saturated carbocycles. The number of ether oxygens (including phenoxy) is 1. The number of hydrogen-bond acceptors (Lipinski definition) is 3. The Morgan fingerprint density at radius 3 is 2.56 bits per heavy atom. The van der Waals surface area contributed by atoms with E-state index in [0.29, 0.717) is 17.2 Å². The molecule has 0 aromatic heterocycles. The van der Waals surface area contributed by atoms with Crippen molar-refractivity contribution >= 4 is 17.4 Å². The van der Waals surface area contributed by atoms with Crippen LogP contribution in [0.5, 0.6) is 5.75 Å². The van der Waals surface area contributed by atoms with Gasteiger partial charge in [0, 0.05) is 12.5 Å². The minimum Gasteiger partial charge on any atom is -0.495 e. The number of methoxy groups -OCH3 is 1. The minimum atomic E-state index is 0.192. The van der Waals surface area contributed by atoms with E-state index in [1.54, 1.807) is 14.0 Å². The summed E-state index contributed by atoms with van der Waals surface area (Å²) in [6.07, 6.45) is 1.37. The van der Waals surface area contributed by atoms with E-state index in [1.807, 2.05) is 32.3 Å². The number of benzene rings is 1. The Morgan fingerprint density at radius 1 is 1.44 bits per heavy atom. The predicted molar refractivity (Wildman–Crippen MR) is 74.3 cm³/mol. The lowest BCUT2D eigenvalue weighted by Crippen LogP contribution is -2.20. The molecule has 0 heterocycles.